The number of benzene rings is 2. The summed E-state index contributed by atoms with van der Waals surface area (Å²) in [5, 5.41) is 0. The van der Waals surface area contributed by atoms with E-state index < -0.39 is 0 Å². The summed E-state index contributed by atoms with van der Waals surface area (Å²) in [4.78, 5) is 14.4. The van der Waals surface area contributed by atoms with E-state index >= 15 is 0 Å². The van der Waals surface area contributed by atoms with E-state index in [1.54, 1.807) is 23.1 Å². The Labute approximate surface area is 130 Å². The first kappa shape index (κ1) is 14.1. The standard InChI is InChI=1S/C16H14BrFN2O/c1-9-13(6-11(17)7-14(9)19)16(21)20-5-4-10-2-3-12(18)8-15(10)20/h2-3,6-8H,4-5,19H2,1H3. The summed E-state index contributed by atoms with van der Waals surface area (Å²) >= 11 is 3.36. The van der Waals surface area contributed by atoms with Crippen molar-refractivity contribution in [3.8, 4) is 0 Å². The van der Waals surface area contributed by atoms with Crippen molar-refractivity contribution < 1.29 is 9.18 Å². The highest BCUT2D eigenvalue weighted by Crippen LogP contribution is 2.32. The maximum atomic E-state index is 13.4. The van der Waals surface area contributed by atoms with Gasteiger partial charge in [-0.15, -0.1) is 0 Å². The lowest BCUT2D eigenvalue weighted by Crippen LogP contribution is -2.29. The molecular formula is C16H14BrFN2O. The number of fused-ring (bicyclic) bond motifs is 1. The molecule has 0 bridgehead atoms. The summed E-state index contributed by atoms with van der Waals surface area (Å²) in [5.74, 6) is -0.483. The van der Waals surface area contributed by atoms with Gasteiger partial charge in [0.1, 0.15) is 5.82 Å². The number of anilines is 2. The highest BCUT2D eigenvalue weighted by Gasteiger charge is 2.27. The summed E-state index contributed by atoms with van der Waals surface area (Å²) in [7, 11) is 0. The second-order valence-electron chi connectivity index (χ2n) is 5.15. The molecule has 0 fully saturated rings. The van der Waals surface area contributed by atoms with Gasteiger partial charge in [-0.3, -0.25) is 4.79 Å². The number of halogens is 2. The predicted octanol–water partition coefficient (Wildman–Crippen LogP) is 3.68. The van der Waals surface area contributed by atoms with Gasteiger partial charge in [-0.05, 0) is 48.7 Å². The van der Waals surface area contributed by atoms with Crippen LogP contribution in [0.1, 0.15) is 21.5 Å². The number of carbonyl (C=O) groups is 1. The zero-order valence-corrected chi connectivity index (χ0v) is 13.1. The molecule has 0 spiro atoms. The number of amides is 1. The molecule has 0 radical (unpaired) electrons. The van der Waals surface area contributed by atoms with Gasteiger partial charge in [-0.2, -0.15) is 0 Å². The molecule has 0 saturated carbocycles. The Hall–Kier alpha value is -1.88. The molecule has 21 heavy (non-hydrogen) atoms. The Morgan fingerprint density at radius 2 is 2.10 bits per heavy atom. The normalized spacial score (nSPS) is 13.4. The lowest BCUT2D eigenvalue weighted by molar-refractivity contribution is 0.0989. The van der Waals surface area contributed by atoms with Crippen molar-refractivity contribution in [2.45, 2.75) is 13.3 Å². The third-order valence-corrected chi connectivity index (χ3v) is 4.29. The van der Waals surface area contributed by atoms with Crippen LogP contribution in [0.25, 0.3) is 0 Å². The van der Waals surface area contributed by atoms with Gasteiger partial charge in [0.15, 0.2) is 0 Å². The molecule has 2 aromatic rings. The summed E-state index contributed by atoms with van der Waals surface area (Å²) in [5.41, 5.74) is 9.40. The summed E-state index contributed by atoms with van der Waals surface area (Å²) < 4.78 is 14.2. The summed E-state index contributed by atoms with van der Waals surface area (Å²) in [6, 6.07) is 8.10. The largest absolute Gasteiger partial charge is 0.398 e. The second kappa shape index (κ2) is 5.15. The molecule has 2 aromatic carbocycles. The number of nitrogens with two attached hydrogens (primary N) is 1. The average molecular weight is 349 g/mol. The molecule has 0 aromatic heterocycles. The Kier molecular flexibility index (Phi) is 3.45. The van der Waals surface area contributed by atoms with Crippen LogP contribution in [0.15, 0.2) is 34.8 Å². The monoisotopic (exact) mass is 348 g/mol. The van der Waals surface area contributed by atoms with Crippen molar-refractivity contribution >= 4 is 33.2 Å². The van der Waals surface area contributed by atoms with Gasteiger partial charge < -0.3 is 10.6 Å². The lowest BCUT2D eigenvalue weighted by Gasteiger charge is -2.19. The number of nitrogens with zero attached hydrogens (tertiary/aromatic N) is 1. The van der Waals surface area contributed by atoms with Crippen LogP contribution in [0.4, 0.5) is 15.8 Å². The van der Waals surface area contributed by atoms with Crippen LogP contribution in [0, 0.1) is 12.7 Å². The van der Waals surface area contributed by atoms with Gasteiger partial charge in [0.25, 0.3) is 5.91 Å². The maximum absolute atomic E-state index is 13.4. The molecule has 1 aliphatic heterocycles. The fourth-order valence-electron chi connectivity index (χ4n) is 2.63. The molecule has 3 rings (SSSR count). The maximum Gasteiger partial charge on any atom is 0.258 e. The zero-order valence-electron chi connectivity index (χ0n) is 11.5. The molecule has 0 atom stereocenters. The van der Waals surface area contributed by atoms with E-state index in [0.717, 1.165) is 22.0 Å². The Balaban J connectivity index is 2.04. The topological polar surface area (TPSA) is 46.3 Å². The molecule has 1 aliphatic rings. The van der Waals surface area contributed by atoms with Gasteiger partial charge in [0.05, 0.1) is 5.69 Å². The number of nitrogen functional groups attached to an aromatic ring is 1. The van der Waals surface area contributed by atoms with Gasteiger partial charge in [0.2, 0.25) is 0 Å². The van der Waals surface area contributed by atoms with E-state index in [2.05, 4.69) is 15.9 Å². The number of hydrogen-bond donors (Lipinski definition) is 1. The average Bonchev–Trinajstić information content (AvgIpc) is 2.85. The first-order valence-corrected chi connectivity index (χ1v) is 7.42. The van der Waals surface area contributed by atoms with E-state index in [1.165, 1.54) is 12.1 Å². The highest BCUT2D eigenvalue weighted by atomic mass is 79.9. The van der Waals surface area contributed by atoms with E-state index in [1.807, 2.05) is 6.92 Å². The first-order chi connectivity index (χ1) is 9.97. The summed E-state index contributed by atoms with van der Waals surface area (Å²) in [6.45, 7) is 2.38. The van der Waals surface area contributed by atoms with Crippen molar-refractivity contribution in [3.63, 3.8) is 0 Å². The molecule has 5 heteroatoms. The molecule has 108 valence electrons. The fourth-order valence-corrected chi connectivity index (χ4v) is 3.11. The number of hydrogen-bond acceptors (Lipinski definition) is 2. The third kappa shape index (κ3) is 2.42. The minimum Gasteiger partial charge on any atom is -0.398 e. The number of carbonyl (C=O) groups excluding carboxylic acids is 1. The first-order valence-electron chi connectivity index (χ1n) is 6.63. The van der Waals surface area contributed by atoms with E-state index in [0.29, 0.717) is 23.5 Å². The van der Waals surface area contributed by atoms with Crippen molar-refractivity contribution in [2.75, 3.05) is 17.2 Å². The Morgan fingerprint density at radius 1 is 1.33 bits per heavy atom. The van der Waals surface area contributed by atoms with Gasteiger partial charge in [-0.25, -0.2) is 4.39 Å². The quantitative estimate of drug-likeness (QED) is 0.799. The van der Waals surface area contributed by atoms with Crippen LogP contribution in [0.2, 0.25) is 0 Å². The molecule has 0 saturated heterocycles. The van der Waals surface area contributed by atoms with Crippen LogP contribution in [0.5, 0.6) is 0 Å². The molecular weight excluding hydrogens is 335 g/mol. The molecule has 0 aliphatic carbocycles. The minimum atomic E-state index is -0.334. The van der Waals surface area contributed by atoms with Crippen molar-refractivity contribution in [1.82, 2.24) is 0 Å². The van der Waals surface area contributed by atoms with Crippen LogP contribution in [-0.2, 0) is 6.42 Å². The van der Waals surface area contributed by atoms with Crippen molar-refractivity contribution in [3.05, 3.63) is 57.3 Å². The molecule has 2 N–H and O–H groups in total. The Morgan fingerprint density at radius 3 is 2.86 bits per heavy atom. The highest BCUT2D eigenvalue weighted by molar-refractivity contribution is 9.10. The van der Waals surface area contributed by atoms with Crippen LogP contribution >= 0.6 is 15.9 Å². The summed E-state index contributed by atoms with van der Waals surface area (Å²) in [6.07, 6.45) is 0.740. The fraction of sp³-hybridized carbons (Fsp3) is 0.188. The second-order valence-corrected chi connectivity index (χ2v) is 6.06. The molecule has 0 unspecified atom stereocenters. The third-order valence-electron chi connectivity index (χ3n) is 3.83. The Bertz CT molecular complexity index is 745. The van der Waals surface area contributed by atoms with Crippen LogP contribution in [-0.4, -0.2) is 12.5 Å². The molecule has 1 amide bonds. The van der Waals surface area contributed by atoms with E-state index in [9.17, 15) is 9.18 Å². The van der Waals surface area contributed by atoms with E-state index in [-0.39, 0.29) is 11.7 Å². The van der Waals surface area contributed by atoms with Gasteiger partial charge in [0, 0.05) is 22.3 Å². The van der Waals surface area contributed by atoms with Crippen LogP contribution < -0.4 is 10.6 Å². The smallest absolute Gasteiger partial charge is 0.258 e. The minimum absolute atomic E-state index is 0.148. The molecule has 3 nitrogen and oxygen atoms in total. The zero-order chi connectivity index (χ0) is 15.1. The van der Waals surface area contributed by atoms with Gasteiger partial charge in [-0.1, -0.05) is 22.0 Å². The van der Waals surface area contributed by atoms with Crippen LogP contribution in [0.3, 0.4) is 0 Å². The van der Waals surface area contributed by atoms with Gasteiger partial charge >= 0.3 is 0 Å². The van der Waals surface area contributed by atoms with E-state index in [4.69, 9.17) is 5.73 Å². The van der Waals surface area contributed by atoms with Crippen molar-refractivity contribution in [1.29, 1.82) is 0 Å². The molecule has 1 heterocycles. The van der Waals surface area contributed by atoms with Crippen molar-refractivity contribution in [2.24, 2.45) is 0 Å². The number of rotatable bonds is 1. The predicted molar refractivity (Wildman–Crippen MR) is 85.1 cm³/mol. The SMILES string of the molecule is Cc1c(N)cc(Br)cc1C(=O)N1CCc2ccc(F)cc21. The lowest BCUT2D eigenvalue weighted by atomic mass is 10.1.